The fourth-order valence-corrected chi connectivity index (χ4v) is 4.70. The summed E-state index contributed by atoms with van der Waals surface area (Å²) in [6, 6.07) is 12.7. The van der Waals surface area contributed by atoms with Crippen molar-refractivity contribution in [2.75, 3.05) is 37.7 Å². The maximum absolute atomic E-state index is 10.9. The highest BCUT2D eigenvalue weighted by molar-refractivity contribution is 6.30. The Hall–Kier alpha value is -3.26. The summed E-state index contributed by atoms with van der Waals surface area (Å²) in [4.78, 5) is 24.1. The van der Waals surface area contributed by atoms with Crippen molar-refractivity contribution in [3.63, 3.8) is 0 Å². The van der Waals surface area contributed by atoms with Crippen LogP contribution in [0.3, 0.4) is 0 Å². The smallest absolute Gasteiger partial charge is 0.490 e. The van der Waals surface area contributed by atoms with Crippen LogP contribution in [-0.2, 0) is 16.1 Å². The van der Waals surface area contributed by atoms with Gasteiger partial charge in [-0.05, 0) is 55.8 Å². The van der Waals surface area contributed by atoms with Crippen LogP contribution in [0.4, 0.5) is 18.9 Å². The SMILES string of the molecule is O=C(O)C(F)(F)F.O=C(O)COc1ccc(O)cc1N1C[C@@H](O)[C@H](NC2CCN(Cc3ccc(Cl)cc3)CC2)C1. The predicted octanol–water partition coefficient (Wildman–Crippen LogP) is 2.95. The third-order valence-electron chi connectivity index (χ3n) is 6.52. The van der Waals surface area contributed by atoms with Gasteiger partial charge in [0.2, 0.25) is 0 Å². The number of hydrogen-bond acceptors (Lipinski definition) is 8. The highest BCUT2D eigenvalue weighted by atomic mass is 35.5. The number of halogens is 4. The zero-order valence-corrected chi connectivity index (χ0v) is 22.1. The normalized spacial score (nSPS) is 20.1. The first-order valence-electron chi connectivity index (χ1n) is 12.5. The molecule has 0 radical (unpaired) electrons. The van der Waals surface area contributed by atoms with Crippen molar-refractivity contribution in [2.24, 2.45) is 0 Å². The Labute approximate surface area is 233 Å². The molecule has 0 aliphatic carbocycles. The molecular weight excluding hydrogens is 559 g/mol. The summed E-state index contributed by atoms with van der Waals surface area (Å²) in [5.74, 6) is -3.39. The van der Waals surface area contributed by atoms with Gasteiger partial charge in [-0.2, -0.15) is 13.2 Å². The molecule has 2 aromatic rings. The molecule has 2 aliphatic heterocycles. The maximum Gasteiger partial charge on any atom is 0.490 e. The number of carbonyl (C=O) groups is 2. The summed E-state index contributed by atoms with van der Waals surface area (Å²) in [6.07, 6.45) is -3.67. The van der Waals surface area contributed by atoms with Gasteiger partial charge < -0.3 is 35.4 Å². The Bertz CT molecular complexity index is 1150. The van der Waals surface area contributed by atoms with Crippen LogP contribution in [0.1, 0.15) is 18.4 Å². The number of carboxylic acid groups (broad SMARTS) is 2. The molecule has 5 N–H and O–H groups in total. The number of rotatable bonds is 8. The number of anilines is 1. The first-order valence-corrected chi connectivity index (χ1v) is 12.8. The van der Waals surface area contributed by atoms with Crippen LogP contribution in [0.25, 0.3) is 0 Å². The average molecular weight is 590 g/mol. The number of ether oxygens (including phenoxy) is 1. The number of nitrogens with one attached hydrogen (secondary N) is 1. The fourth-order valence-electron chi connectivity index (χ4n) is 4.57. The lowest BCUT2D eigenvalue weighted by Crippen LogP contribution is -2.49. The molecule has 2 atom stereocenters. The van der Waals surface area contributed by atoms with Crippen LogP contribution in [0.5, 0.6) is 11.5 Å². The number of piperidine rings is 1. The molecule has 0 aromatic heterocycles. The van der Waals surface area contributed by atoms with E-state index in [9.17, 15) is 28.2 Å². The summed E-state index contributed by atoms with van der Waals surface area (Å²) in [6.45, 7) is 3.31. The standard InChI is InChI=1S/C24H30ClN3O5.C2HF3O2/c25-17-3-1-16(2-4-17)12-27-9-7-18(8-10-27)26-20-13-28(14-22(20)30)21-11-19(29)5-6-23(21)33-15-24(31)32;3-2(4,5)1(6)7/h1-6,11,18,20,22,26,29-30H,7-10,12-15H2,(H,31,32);(H,6,7)/t20-,22-;/m1./s1. The van der Waals surface area contributed by atoms with Gasteiger partial charge in [0.15, 0.2) is 6.61 Å². The number of likely N-dealkylation sites (tertiary alicyclic amines) is 1. The third-order valence-corrected chi connectivity index (χ3v) is 6.77. The van der Waals surface area contributed by atoms with E-state index in [1.165, 1.54) is 11.6 Å². The minimum absolute atomic E-state index is 0.0617. The van der Waals surface area contributed by atoms with Crippen molar-refractivity contribution in [3.8, 4) is 11.5 Å². The fraction of sp³-hybridized carbons (Fsp3) is 0.462. The van der Waals surface area contributed by atoms with Crippen LogP contribution in [0.15, 0.2) is 42.5 Å². The number of aromatic hydroxyl groups is 1. The summed E-state index contributed by atoms with van der Waals surface area (Å²) >= 11 is 5.97. The van der Waals surface area contributed by atoms with Gasteiger partial charge in [-0.1, -0.05) is 23.7 Å². The Morgan fingerprint density at radius 1 is 1.05 bits per heavy atom. The molecule has 4 rings (SSSR count). The van der Waals surface area contributed by atoms with Gasteiger partial charge in [-0.25, -0.2) is 9.59 Å². The van der Waals surface area contributed by atoms with Gasteiger partial charge in [-0.15, -0.1) is 0 Å². The van der Waals surface area contributed by atoms with E-state index in [1.807, 2.05) is 17.0 Å². The molecule has 14 heteroatoms. The predicted molar refractivity (Wildman–Crippen MR) is 140 cm³/mol. The highest BCUT2D eigenvalue weighted by Crippen LogP contribution is 2.34. The number of β-amino-alcohol motifs (C(OH)–C–C–N with tert-alkyl or cyclic N) is 1. The van der Waals surface area contributed by atoms with E-state index in [-0.39, 0.29) is 11.8 Å². The molecule has 0 saturated carbocycles. The van der Waals surface area contributed by atoms with Crippen LogP contribution in [-0.4, -0.2) is 94.4 Å². The highest BCUT2D eigenvalue weighted by Gasteiger charge is 2.38. The van der Waals surface area contributed by atoms with Crippen molar-refractivity contribution in [3.05, 3.63) is 53.1 Å². The number of alkyl halides is 3. The molecule has 2 saturated heterocycles. The second-order valence-electron chi connectivity index (χ2n) is 9.56. The molecule has 2 heterocycles. The molecule has 0 amide bonds. The number of aliphatic hydroxyl groups is 1. The quantitative estimate of drug-likeness (QED) is 0.312. The van der Waals surface area contributed by atoms with E-state index < -0.39 is 30.8 Å². The minimum atomic E-state index is -5.08. The molecule has 10 nitrogen and oxygen atoms in total. The zero-order chi connectivity index (χ0) is 29.4. The first kappa shape index (κ1) is 31.3. The molecule has 0 bridgehead atoms. The van der Waals surface area contributed by atoms with Gasteiger partial charge in [0.05, 0.1) is 17.8 Å². The second-order valence-corrected chi connectivity index (χ2v) is 10.00. The number of carboxylic acids is 2. The largest absolute Gasteiger partial charge is 0.508 e. The molecule has 2 fully saturated rings. The van der Waals surface area contributed by atoms with E-state index in [4.69, 9.17) is 31.3 Å². The third kappa shape index (κ3) is 9.44. The number of benzene rings is 2. The monoisotopic (exact) mass is 589 g/mol. The molecule has 40 heavy (non-hydrogen) atoms. The van der Waals surface area contributed by atoms with E-state index in [1.54, 1.807) is 12.1 Å². The van der Waals surface area contributed by atoms with Gasteiger partial charge in [0.25, 0.3) is 0 Å². The average Bonchev–Trinajstić information content (AvgIpc) is 3.25. The van der Waals surface area contributed by atoms with Crippen molar-refractivity contribution < 1.29 is 47.9 Å². The van der Waals surface area contributed by atoms with Crippen molar-refractivity contribution in [2.45, 2.75) is 43.8 Å². The molecular formula is C26H31ClF3N3O7. The Balaban J connectivity index is 0.000000559. The van der Waals surface area contributed by atoms with Gasteiger partial charge >= 0.3 is 18.1 Å². The van der Waals surface area contributed by atoms with Crippen molar-refractivity contribution in [1.82, 2.24) is 10.2 Å². The first-order chi connectivity index (χ1) is 18.8. The summed E-state index contributed by atoms with van der Waals surface area (Å²) in [7, 11) is 0. The van der Waals surface area contributed by atoms with Gasteiger partial charge in [0, 0.05) is 36.8 Å². The Morgan fingerprint density at radius 2 is 1.68 bits per heavy atom. The van der Waals surface area contributed by atoms with E-state index in [2.05, 4.69) is 22.3 Å². The summed E-state index contributed by atoms with van der Waals surface area (Å²) in [5, 5.41) is 41.0. The lowest BCUT2D eigenvalue weighted by atomic mass is 10.0. The maximum atomic E-state index is 10.9. The van der Waals surface area contributed by atoms with E-state index >= 15 is 0 Å². The lowest BCUT2D eigenvalue weighted by Gasteiger charge is -2.34. The summed E-state index contributed by atoms with van der Waals surface area (Å²) < 4.78 is 37.1. The number of phenols is 1. The summed E-state index contributed by atoms with van der Waals surface area (Å²) in [5.41, 5.74) is 1.83. The van der Waals surface area contributed by atoms with Gasteiger partial charge in [0.1, 0.15) is 11.5 Å². The Morgan fingerprint density at radius 3 is 2.25 bits per heavy atom. The number of hydrogen-bond donors (Lipinski definition) is 5. The lowest BCUT2D eigenvalue weighted by molar-refractivity contribution is -0.192. The zero-order valence-electron chi connectivity index (χ0n) is 21.4. The molecule has 0 spiro atoms. The number of aliphatic carboxylic acids is 2. The molecule has 0 unspecified atom stereocenters. The molecule has 2 aromatic carbocycles. The molecule has 220 valence electrons. The second kappa shape index (κ2) is 13.9. The van der Waals surface area contributed by atoms with Crippen LogP contribution < -0.4 is 15.0 Å². The number of aliphatic hydroxyl groups excluding tert-OH is 1. The van der Waals surface area contributed by atoms with Crippen molar-refractivity contribution >= 4 is 29.2 Å². The van der Waals surface area contributed by atoms with Crippen LogP contribution in [0, 0.1) is 0 Å². The molecule has 2 aliphatic rings. The van der Waals surface area contributed by atoms with E-state index in [0.717, 1.165) is 37.5 Å². The van der Waals surface area contributed by atoms with Crippen LogP contribution in [0.2, 0.25) is 5.02 Å². The Kier molecular flexibility index (Phi) is 10.9. The number of nitrogens with zero attached hydrogens (tertiary/aromatic N) is 2. The van der Waals surface area contributed by atoms with E-state index in [0.29, 0.717) is 30.6 Å². The number of phenolic OH excluding ortho intramolecular Hbond substituents is 1. The topological polar surface area (TPSA) is 143 Å². The van der Waals surface area contributed by atoms with Gasteiger partial charge in [-0.3, -0.25) is 4.90 Å². The van der Waals surface area contributed by atoms with Crippen LogP contribution >= 0.6 is 11.6 Å². The van der Waals surface area contributed by atoms with Crippen molar-refractivity contribution in [1.29, 1.82) is 0 Å². The minimum Gasteiger partial charge on any atom is -0.508 e.